The summed E-state index contributed by atoms with van der Waals surface area (Å²) in [4.78, 5) is 10.5. The fourth-order valence-electron chi connectivity index (χ4n) is 1.67. The second-order valence-corrected chi connectivity index (χ2v) is 3.81. The van der Waals surface area contributed by atoms with Crippen LogP contribution in [0, 0.1) is 0 Å². The van der Waals surface area contributed by atoms with Crippen LogP contribution in [0.3, 0.4) is 0 Å². The Morgan fingerprint density at radius 3 is 2.39 bits per heavy atom. The van der Waals surface area contributed by atoms with Gasteiger partial charge in [-0.25, -0.2) is 4.79 Å². The molecule has 0 fully saturated rings. The van der Waals surface area contributed by atoms with Gasteiger partial charge in [0.25, 0.3) is 0 Å². The number of carboxylic acid groups (broad SMARTS) is 1. The zero-order valence-electron chi connectivity index (χ0n) is 9.48. The molecular formula is C13H10F2O3. The summed E-state index contributed by atoms with van der Waals surface area (Å²) in [5.41, 5.74) is -0.535. The van der Waals surface area contributed by atoms with E-state index in [1.807, 2.05) is 0 Å². The first-order valence-electron chi connectivity index (χ1n) is 5.14. The summed E-state index contributed by atoms with van der Waals surface area (Å²) in [7, 11) is 1.51. The van der Waals surface area contributed by atoms with Gasteiger partial charge in [0, 0.05) is 5.56 Å². The van der Waals surface area contributed by atoms with Gasteiger partial charge in [-0.15, -0.1) is 0 Å². The highest BCUT2D eigenvalue weighted by Crippen LogP contribution is 2.31. The molecule has 2 aromatic carbocycles. The van der Waals surface area contributed by atoms with E-state index in [4.69, 9.17) is 9.84 Å². The van der Waals surface area contributed by atoms with Crippen molar-refractivity contribution in [2.45, 2.75) is 5.92 Å². The summed E-state index contributed by atoms with van der Waals surface area (Å²) >= 11 is 0. The number of methoxy groups -OCH3 is 1. The SMILES string of the molecule is COc1ccc2cc(C(F)(F)C(=O)O)ccc2c1. The molecule has 0 amide bonds. The smallest absolute Gasteiger partial charge is 0.379 e. The van der Waals surface area contributed by atoms with E-state index < -0.39 is 17.5 Å². The second-order valence-electron chi connectivity index (χ2n) is 3.81. The molecule has 2 aromatic rings. The number of ether oxygens (including phenoxy) is 1. The van der Waals surface area contributed by atoms with Gasteiger partial charge in [0.2, 0.25) is 0 Å². The number of alkyl halides is 2. The number of fused-ring (bicyclic) bond motifs is 1. The number of carbonyl (C=O) groups is 1. The molecule has 5 heteroatoms. The van der Waals surface area contributed by atoms with Crippen molar-refractivity contribution in [1.82, 2.24) is 0 Å². The third-order valence-corrected chi connectivity index (χ3v) is 2.68. The van der Waals surface area contributed by atoms with Crippen LogP contribution in [0.1, 0.15) is 5.56 Å². The van der Waals surface area contributed by atoms with E-state index in [0.29, 0.717) is 16.5 Å². The first-order chi connectivity index (χ1) is 8.45. The molecule has 94 valence electrons. The van der Waals surface area contributed by atoms with E-state index in [0.717, 1.165) is 6.07 Å². The minimum Gasteiger partial charge on any atom is -0.497 e. The monoisotopic (exact) mass is 252 g/mol. The molecule has 0 unspecified atom stereocenters. The molecule has 0 atom stereocenters. The number of hydrogen-bond donors (Lipinski definition) is 1. The fraction of sp³-hybridized carbons (Fsp3) is 0.154. The molecule has 0 spiro atoms. The van der Waals surface area contributed by atoms with Crippen molar-refractivity contribution < 1.29 is 23.4 Å². The van der Waals surface area contributed by atoms with E-state index in [-0.39, 0.29) is 0 Å². The molecule has 0 aromatic heterocycles. The van der Waals surface area contributed by atoms with Crippen LogP contribution in [0.15, 0.2) is 36.4 Å². The largest absolute Gasteiger partial charge is 0.497 e. The van der Waals surface area contributed by atoms with Crippen molar-refractivity contribution in [2.75, 3.05) is 7.11 Å². The third-order valence-electron chi connectivity index (χ3n) is 2.68. The van der Waals surface area contributed by atoms with E-state index in [1.54, 1.807) is 18.2 Å². The van der Waals surface area contributed by atoms with Gasteiger partial charge >= 0.3 is 11.9 Å². The highest BCUT2D eigenvalue weighted by Gasteiger charge is 2.40. The van der Waals surface area contributed by atoms with Crippen molar-refractivity contribution in [1.29, 1.82) is 0 Å². The zero-order chi connectivity index (χ0) is 13.3. The summed E-state index contributed by atoms with van der Waals surface area (Å²) < 4.78 is 31.7. The van der Waals surface area contributed by atoms with Gasteiger partial charge in [-0.3, -0.25) is 0 Å². The maximum atomic E-state index is 13.3. The number of rotatable bonds is 3. The highest BCUT2D eigenvalue weighted by molar-refractivity contribution is 5.86. The fourth-order valence-corrected chi connectivity index (χ4v) is 1.67. The normalized spacial score (nSPS) is 11.5. The Morgan fingerprint density at radius 1 is 1.17 bits per heavy atom. The van der Waals surface area contributed by atoms with Gasteiger partial charge in [-0.05, 0) is 29.0 Å². The van der Waals surface area contributed by atoms with Crippen LogP contribution < -0.4 is 4.74 Å². The minimum absolute atomic E-state index is 0.535. The molecule has 0 bridgehead atoms. The Morgan fingerprint density at radius 2 is 1.78 bits per heavy atom. The Balaban J connectivity index is 2.55. The van der Waals surface area contributed by atoms with E-state index in [2.05, 4.69) is 0 Å². The van der Waals surface area contributed by atoms with Crippen molar-refractivity contribution >= 4 is 16.7 Å². The highest BCUT2D eigenvalue weighted by atomic mass is 19.3. The molecule has 0 aliphatic rings. The summed E-state index contributed by atoms with van der Waals surface area (Å²) in [5.74, 6) is -5.43. The molecule has 2 rings (SSSR count). The van der Waals surface area contributed by atoms with Gasteiger partial charge < -0.3 is 9.84 Å². The van der Waals surface area contributed by atoms with Crippen molar-refractivity contribution in [3.63, 3.8) is 0 Å². The lowest BCUT2D eigenvalue weighted by Gasteiger charge is -2.12. The van der Waals surface area contributed by atoms with Crippen LogP contribution in [0.25, 0.3) is 10.8 Å². The van der Waals surface area contributed by atoms with Crippen LogP contribution in [0.4, 0.5) is 8.78 Å². The Bertz CT molecular complexity index is 608. The third kappa shape index (κ3) is 1.99. The molecule has 0 heterocycles. The van der Waals surface area contributed by atoms with Gasteiger partial charge in [-0.2, -0.15) is 8.78 Å². The lowest BCUT2D eigenvalue weighted by molar-refractivity contribution is -0.166. The molecule has 0 saturated heterocycles. The summed E-state index contributed by atoms with van der Waals surface area (Å²) in [6.45, 7) is 0. The molecule has 0 aliphatic carbocycles. The quantitative estimate of drug-likeness (QED) is 0.913. The Labute approximate surface area is 102 Å². The molecule has 0 aliphatic heterocycles. The maximum Gasteiger partial charge on any atom is 0.379 e. The van der Waals surface area contributed by atoms with Crippen LogP contribution in [0.2, 0.25) is 0 Å². The van der Waals surface area contributed by atoms with Crippen molar-refractivity contribution in [3.05, 3.63) is 42.0 Å². The predicted molar refractivity (Wildman–Crippen MR) is 62.0 cm³/mol. The topological polar surface area (TPSA) is 46.5 Å². The first-order valence-corrected chi connectivity index (χ1v) is 5.14. The van der Waals surface area contributed by atoms with Crippen LogP contribution in [0.5, 0.6) is 5.75 Å². The lowest BCUT2D eigenvalue weighted by atomic mass is 10.0. The number of hydrogen-bond acceptors (Lipinski definition) is 2. The Kier molecular flexibility index (Phi) is 2.90. The molecule has 0 saturated carbocycles. The number of aliphatic carboxylic acids is 1. The molecule has 3 nitrogen and oxygen atoms in total. The lowest BCUT2D eigenvalue weighted by Crippen LogP contribution is -2.25. The zero-order valence-corrected chi connectivity index (χ0v) is 9.48. The number of halogens is 2. The predicted octanol–water partition coefficient (Wildman–Crippen LogP) is 3.02. The average Bonchev–Trinajstić information content (AvgIpc) is 2.37. The van der Waals surface area contributed by atoms with Gasteiger partial charge in [0.15, 0.2) is 0 Å². The van der Waals surface area contributed by atoms with Gasteiger partial charge in [-0.1, -0.05) is 18.2 Å². The van der Waals surface area contributed by atoms with E-state index in [9.17, 15) is 13.6 Å². The standard InChI is InChI=1S/C13H10F2O3/c1-18-11-5-3-8-6-10(4-2-9(8)7-11)13(14,15)12(16)17/h2-7H,1H3,(H,16,17). The van der Waals surface area contributed by atoms with Crippen molar-refractivity contribution in [2.24, 2.45) is 0 Å². The van der Waals surface area contributed by atoms with Gasteiger partial charge in [0.05, 0.1) is 7.11 Å². The van der Waals surface area contributed by atoms with Crippen molar-refractivity contribution in [3.8, 4) is 5.75 Å². The molecule has 18 heavy (non-hydrogen) atoms. The maximum absolute atomic E-state index is 13.3. The summed E-state index contributed by atoms with van der Waals surface area (Å²) in [5, 5.41) is 9.72. The van der Waals surface area contributed by atoms with Crippen LogP contribution in [-0.4, -0.2) is 18.2 Å². The van der Waals surface area contributed by atoms with Gasteiger partial charge in [0.1, 0.15) is 5.75 Å². The Hall–Kier alpha value is -2.17. The average molecular weight is 252 g/mol. The number of benzene rings is 2. The van der Waals surface area contributed by atoms with E-state index >= 15 is 0 Å². The molecular weight excluding hydrogens is 242 g/mol. The minimum atomic E-state index is -3.88. The van der Waals surface area contributed by atoms with E-state index in [1.165, 1.54) is 19.2 Å². The second kappa shape index (κ2) is 4.25. The first kappa shape index (κ1) is 12.3. The summed E-state index contributed by atoms with van der Waals surface area (Å²) in [6, 6.07) is 8.65. The number of carboxylic acids is 1. The molecule has 0 radical (unpaired) electrons. The van der Waals surface area contributed by atoms with Crippen LogP contribution >= 0.6 is 0 Å². The molecule has 1 N–H and O–H groups in total. The summed E-state index contributed by atoms with van der Waals surface area (Å²) in [6.07, 6.45) is 0. The van der Waals surface area contributed by atoms with Crippen LogP contribution in [-0.2, 0) is 10.7 Å².